The average molecular weight is 182 g/mol. The molecule has 1 rings (SSSR count). The van der Waals surface area contributed by atoms with Gasteiger partial charge in [0.1, 0.15) is 6.10 Å². The summed E-state index contributed by atoms with van der Waals surface area (Å²) in [5.74, 6) is 0. The van der Waals surface area contributed by atoms with E-state index in [1.807, 2.05) is 19.9 Å². The number of rotatable bonds is 3. The number of methoxy groups -OCH3 is 1. The summed E-state index contributed by atoms with van der Waals surface area (Å²) in [5, 5.41) is 17.4. The molecule has 0 saturated heterocycles. The van der Waals surface area contributed by atoms with E-state index in [2.05, 4.69) is 10.2 Å². The molecule has 13 heavy (non-hydrogen) atoms. The first-order chi connectivity index (χ1) is 6.15. The van der Waals surface area contributed by atoms with Gasteiger partial charge in [0.05, 0.1) is 18.0 Å². The molecular formula is C9H14N2O2. The van der Waals surface area contributed by atoms with Crippen molar-refractivity contribution in [2.45, 2.75) is 20.0 Å². The van der Waals surface area contributed by atoms with Crippen LogP contribution >= 0.6 is 0 Å². The summed E-state index contributed by atoms with van der Waals surface area (Å²) in [6.45, 7) is 3.95. The largest absolute Gasteiger partial charge is 0.386 e. The molecule has 0 saturated carbocycles. The second-order valence-corrected chi connectivity index (χ2v) is 3.00. The fourth-order valence-corrected chi connectivity index (χ4v) is 1.15. The van der Waals surface area contributed by atoms with E-state index in [1.54, 1.807) is 7.11 Å². The molecule has 4 heteroatoms. The number of aliphatic hydroxyl groups excluding tert-OH is 1. The van der Waals surface area contributed by atoms with Gasteiger partial charge in [-0.1, -0.05) is 0 Å². The molecule has 72 valence electrons. The molecule has 1 unspecified atom stereocenters. The SMILES string of the molecule is COCC(O)c1cc(C)nnc1C. The molecule has 1 heterocycles. The Labute approximate surface area is 77.6 Å². The normalized spacial score (nSPS) is 12.9. The van der Waals surface area contributed by atoms with Crippen LogP contribution in [0, 0.1) is 13.8 Å². The summed E-state index contributed by atoms with van der Waals surface area (Å²) in [7, 11) is 1.56. The number of aromatic nitrogens is 2. The summed E-state index contributed by atoms with van der Waals surface area (Å²) in [4.78, 5) is 0. The summed E-state index contributed by atoms with van der Waals surface area (Å²) >= 11 is 0. The lowest BCUT2D eigenvalue weighted by Crippen LogP contribution is -2.09. The van der Waals surface area contributed by atoms with Crippen molar-refractivity contribution < 1.29 is 9.84 Å². The Morgan fingerprint density at radius 1 is 1.46 bits per heavy atom. The van der Waals surface area contributed by atoms with Crippen molar-refractivity contribution in [3.8, 4) is 0 Å². The third-order valence-electron chi connectivity index (χ3n) is 1.82. The van der Waals surface area contributed by atoms with Crippen LogP contribution in [-0.4, -0.2) is 29.0 Å². The third-order valence-corrected chi connectivity index (χ3v) is 1.82. The molecule has 0 bridgehead atoms. The molecule has 0 aliphatic rings. The summed E-state index contributed by atoms with van der Waals surface area (Å²) in [6.07, 6.45) is -0.612. The Kier molecular flexibility index (Phi) is 3.33. The summed E-state index contributed by atoms with van der Waals surface area (Å²) in [5.41, 5.74) is 2.33. The van der Waals surface area contributed by atoms with Gasteiger partial charge in [0.2, 0.25) is 0 Å². The lowest BCUT2D eigenvalue weighted by molar-refractivity contribution is 0.0636. The van der Waals surface area contributed by atoms with Crippen LogP contribution in [0.4, 0.5) is 0 Å². The third kappa shape index (κ3) is 2.47. The minimum absolute atomic E-state index is 0.284. The molecule has 1 aromatic rings. The highest BCUT2D eigenvalue weighted by molar-refractivity contribution is 5.22. The van der Waals surface area contributed by atoms with E-state index >= 15 is 0 Å². The van der Waals surface area contributed by atoms with E-state index < -0.39 is 6.10 Å². The molecule has 0 radical (unpaired) electrons. The lowest BCUT2D eigenvalue weighted by atomic mass is 10.1. The number of aliphatic hydroxyl groups is 1. The first-order valence-corrected chi connectivity index (χ1v) is 4.13. The molecule has 0 spiro atoms. The summed E-state index contributed by atoms with van der Waals surface area (Å²) < 4.78 is 4.85. The predicted octanol–water partition coefficient (Wildman–Crippen LogP) is 0.773. The van der Waals surface area contributed by atoms with Gasteiger partial charge in [-0.25, -0.2) is 0 Å². The maximum atomic E-state index is 9.63. The second-order valence-electron chi connectivity index (χ2n) is 3.00. The predicted molar refractivity (Wildman–Crippen MR) is 48.3 cm³/mol. The first kappa shape index (κ1) is 10.1. The van der Waals surface area contributed by atoms with Crippen LogP contribution in [-0.2, 0) is 4.74 Å². The minimum Gasteiger partial charge on any atom is -0.386 e. The van der Waals surface area contributed by atoms with Gasteiger partial charge in [0, 0.05) is 12.7 Å². The van der Waals surface area contributed by atoms with Crippen molar-refractivity contribution in [2.75, 3.05) is 13.7 Å². The van der Waals surface area contributed by atoms with E-state index in [0.29, 0.717) is 0 Å². The second kappa shape index (κ2) is 4.30. The van der Waals surface area contributed by atoms with E-state index in [4.69, 9.17) is 4.74 Å². The van der Waals surface area contributed by atoms with Gasteiger partial charge >= 0.3 is 0 Å². The Bertz CT molecular complexity index is 289. The zero-order chi connectivity index (χ0) is 9.84. The van der Waals surface area contributed by atoms with Crippen LogP contribution in [0.5, 0.6) is 0 Å². The number of ether oxygens (including phenoxy) is 1. The van der Waals surface area contributed by atoms with Crippen LogP contribution in [0.3, 0.4) is 0 Å². The van der Waals surface area contributed by atoms with Crippen molar-refractivity contribution in [3.63, 3.8) is 0 Å². The fraction of sp³-hybridized carbons (Fsp3) is 0.556. The van der Waals surface area contributed by atoms with Gasteiger partial charge in [-0.3, -0.25) is 0 Å². The highest BCUT2D eigenvalue weighted by Crippen LogP contribution is 2.15. The quantitative estimate of drug-likeness (QED) is 0.750. The van der Waals surface area contributed by atoms with E-state index in [1.165, 1.54) is 0 Å². The molecule has 1 aromatic heterocycles. The van der Waals surface area contributed by atoms with Crippen LogP contribution < -0.4 is 0 Å². The van der Waals surface area contributed by atoms with Crippen molar-refractivity contribution in [1.82, 2.24) is 10.2 Å². The molecule has 4 nitrogen and oxygen atoms in total. The Balaban J connectivity index is 2.91. The number of hydrogen-bond acceptors (Lipinski definition) is 4. The monoisotopic (exact) mass is 182 g/mol. The maximum Gasteiger partial charge on any atom is 0.104 e. The highest BCUT2D eigenvalue weighted by Gasteiger charge is 2.11. The van der Waals surface area contributed by atoms with Crippen LogP contribution in [0.2, 0.25) is 0 Å². The smallest absolute Gasteiger partial charge is 0.104 e. The van der Waals surface area contributed by atoms with E-state index in [-0.39, 0.29) is 6.61 Å². The van der Waals surface area contributed by atoms with Gasteiger partial charge in [0.15, 0.2) is 0 Å². The van der Waals surface area contributed by atoms with Gasteiger partial charge < -0.3 is 9.84 Å². The zero-order valence-electron chi connectivity index (χ0n) is 8.11. The molecule has 1 atom stereocenters. The van der Waals surface area contributed by atoms with Crippen molar-refractivity contribution in [1.29, 1.82) is 0 Å². The maximum absolute atomic E-state index is 9.63. The van der Waals surface area contributed by atoms with Gasteiger partial charge in [0.25, 0.3) is 0 Å². The fourth-order valence-electron chi connectivity index (χ4n) is 1.15. The van der Waals surface area contributed by atoms with Crippen molar-refractivity contribution >= 4 is 0 Å². The molecule has 0 fully saturated rings. The number of aryl methyl sites for hydroxylation is 2. The van der Waals surface area contributed by atoms with Crippen molar-refractivity contribution in [3.05, 3.63) is 23.0 Å². The topological polar surface area (TPSA) is 55.2 Å². The molecule has 1 N–H and O–H groups in total. The van der Waals surface area contributed by atoms with Crippen LogP contribution in [0.1, 0.15) is 23.1 Å². The Morgan fingerprint density at radius 3 is 2.77 bits per heavy atom. The Hall–Kier alpha value is -1.00. The van der Waals surface area contributed by atoms with Gasteiger partial charge in [-0.2, -0.15) is 10.2 Å². The van der Waals surface area contributed by atoms with Crippen molar-refractivity contribution in [2.24, 2.45) is 0 Å². The highest BCUT2D eigenvalue weighted by atomic mass is 16.5. The average Bonchev–Trinajstić information content (AvgIpc) is 2.09. The molecule has 0 amide bonds. The van der Waals surface area contributed by atoms with E-state index in [0.717, 1.165) is 17.0 Å². The lowest BCUT2D eigenvalue weighted by Gasteiger charge is -2.11. The Morgan fingerprint density at radius 2 is 2.15 bits per heavy atom. The van der Waals surface area contributed by atoms with Gasteiger partial charge in [-0.05, 0) is 19.9 Å². The first-order valence-electron chi connectivity index (χ1n) is 4.13. The van der Waals surface area contributed by atoms with Crippen LogP contribution in [0.25, 0.3) is 0 Å². The minimum atomic E-state index is -0.612. The molecule has 0 aliphatic carbocycles. The zero-order valence-corrected chi connectivity index (χ0v) is 8.11. The van der Waals surface area contributed by atoms with E-state index in [9.17, 15) is 5.11 Å². The summed E-state index contributed by atoms with van der Waals surface area (Å²) in [6, 6.07) is 1.83. The number of nitrogens with zero attached hydrogens (tertiary/aromatic N) is 2. The molecule has 0 aliphatic heterocycles. The number of hydrogen-bond donors (Lipinski definition) is 1. The van der Waals surface area contributed by atoms with Gasteiger partial charge in [-0.15, -0.1) is 0 Å². The molecule has 0 aromatic carbocycles. The van der Waals surface area contributed by atoms with Crippen LogP contribution in [0.15, 0.2) is 6.07 Å². The molecular weight excluding hydrogens is 168 g/mol. The standard InChI is InChI=1S/C9H14N2O2/c1-6-4-8(7(2)11-10-6)9(12)5-13-3/h4,9,12H,5H2,1-3H3.